The van der Waals surface area contributed by atoms with E-state index in [1.165, 1.54) is 13.1 Å². The summed E-state index contributed by atoms with van der Waals surface area (Å²) in [5.74, 6) is 1.29. The van der Waals surface area contributed by atoms with E-state index in [1.54, 1.807) is 17.4 Å². The molecule has 0 spiro atoms. The average Bonchev–Trinajstić information content (AvgIpc) is 3.28. The first-order chi connectivity index (χ1) is 16.5. The highest BCUT2D eigenvalue weighted by molar-refractivity contribution is 7.22. The lowest BCUT2D eigenvalue weighted by molar-refractivity contribution is -0.114. The van der Waals surface area contributed by atoms with Crippen LogP contribution in [0.25, 0.3) is 32.0 Å². The maximum absolute atomic E-state index is 11.5. The lowest BCUT2D eigenvalue weighted by Crippen LogP contribution is -2.36. The highest BCUT2D eigenvalue weighted by atomic mass is 32.1. The van der Waals surface area contributed by atoms with Gasteiger partial charge in [0.05, 0.1) is 23.4 Å². The van der Waals surface area contributed by atoms with Crippen molar-refractivity contribution in [3.8, 4) is 21.8 Å². The summed E-state index contributed by atoms with van der Waals surface area (Å²) in [6, 6.07) is 15.3. The SMILES string of the molecule is CC(=O)Nc1cccc(-c2cc3nc(-c4cccc(N)c4C=N)nc(N4CCOCC4)c3s2)c1. The van der Waals surface area contributed by atoms with E-state index in [0.717, 1.165) is 50.8 Å². The Hall–Kier alpha value is -3.82. The van der Waals surface area contributed by atoms with Gasteiger partial charge in [-0.25, -0.2) is 9.97 Å². The zero-order valence-electron chi connectivity index (χ0n) is 18.7. The van der Waals surface area contributed by atoms with E-state index in [2.05, 4.69) is 16.3 Å². The zero-order chi connectivity index (χ0) is 23.7. The van der Waals surface area contributed by atoms with Gasteiger partial charge in [-0.2, -0.15) is 0 Å². The molecule has 8 nitrogen and oxygen atoms in total. The predicted octanol–water partition coefficient (Wildman–Crippen LogP) is 4.40. The predicted molar refractivity (Wildman–Crippen MR) is 138 cm³/mol. The third-order valence-corrected chi connectivity index (χ3v) is 6.83. The van der Waals surface area contributed by atoms with Crippen LogP contribution < -0.4 is 16.0 Å². The fourth-order valence-corrected chi connectivity index (χ4v) is 5.17. The van der Waals surface area contributed by atoms with E-state index in [0.29, 0.717) is 30.3 Å². The molecule has 9 heteroatoms. The van der Waals surface area contributed by atoms with Gasteiger partial charge in [0.2, 0.25) is 5.91 Å². The number of amides is 1. The van der Waals surface area contributed by atoms with Crippen LogP contribution in [-0.2, 0) is 9.53 Å². The van der Waals surface area contributed by atoms with Gasteiger partial charge in [-0.05, 0) is 29.8 Å². The molecular formula is C25H24N6O2S. The number of thiophene rings is 1. The zero-order valence-corrected chi connectivity index (χ0v) is 19.5. The molecule has 34 heavy (non-hydrogen) atoms. The first-order valence-electron chi connectivity index (χ1n) is 10.9. The highest BCUT2D eigenvalue weighted by Crippen LogP contribution is 2.39. The molecule has 0 unspecified atom stereocenters. The summed E-state index contributed by atoms with van der Waals surface area (Å²) in [6.45, 7) is 4.26. The molecule has 1 aliphatic rings. The molecule has 1 fully saturated rings. The van der Waals surface area contributed by atoms with Crippen molar-refractivity contribution >= 4 is 50.9 Å². The average molecular weight is 473 g/mol. The molecule has 4 aromatic rings. The minimum absolute atomic E-state index is 0.109. The van der Waals surface area contributed by atoms with Gasteiger partial charge in [0.1, 0.15) is 0 Å². The molecular weight excluding hydrogens is 448 g/mol. The monoisotopic (exact) mass is 472 g/mol. The molecule has 0 radical (unpaired) electrons. The van der Waals surface area contributed by atoms with Crippen molar-refractivity contribution in [3.63, 3.8) is 0 Å². The number of anilines is 3. The minimum atomic E-state index is -0.109. The molecule has 0 bridgehead atoms. The molecule has 2 aromatic heterocycles. The molecule has 2 aromatic carbocycles. The van der Waals surface area contributed by atoms with Crippen LogP contribution in [0.5, 0.6) is 0 Å². The van der Waals surface area contributed by atoms with E-state index < -0.39 is 0 Å². The third kappa shape index (κ3) is 4.23. The van der Waals surface area contributed by atoms with Crippen LogP contribution in [0.3, 0.4) is 0 Å². The van der Waals surface area contributed by atoms with Crippen molar-refractivity contribution in [2.24, 2.45) is 0 Å². The van der Waals surface area contributed by atoms with Crippen molar-refractivity contribution in [1.82, 2.24) is 9.97 Å². The largest absolute Gasteiger partial charge is 0.398 e. The number of rotatable bonds is 5. The second kappa shape index (κ2) is 9.20. The van der Waals surface area contributed by atoms with Crippen LogP contribution >= 0.6 is 11.3 Å². The van der Waals surface area contributed by atoms with Gasteiger partial charge in [-0.15, -0.1) is 11.3 Å². The second-order valence-corrected chi connectivity index (χ2v) is 9.06. The van der Waals surface area contributed by atoms with Crippen molar-refractivity contribution in [3.05, 3.63) is 54.1 Å². The molecule has 4 N–H and O–H groups in total. The van der Waals surface area contributed by atoms with Gasteiger partial charge in [0.25, 0.3) is 0 Å². The number of carbonyl (C=O) groups is 1. The summed E-state index contributed by atoms with van der Waals surface area (Å²) < 4.78 is 6.55. The quantitative estimate of drug-likeness (QED) is 0.293. The molecule has 0 saturated carbocycles. The molecule has 1 aliphatic heterocycles. The summed E-state index contributed by atoms with van der Waals surface area (Å²) in [7, 11) is 0. The number of nitrogens with one attached hydrogen (secondary N) is 2. The molecule has 3 heterocycles. The number of aromatic nitrogens is 2. The van der Waals surface area contributed by atoms with E-state index in [4.69, 9.17) is 25.8 Å². The van der Waals surface area contributed by atoms with Crippen molar-refractivity contribution < 1.29 is 9.53 Å². The number of hydrogen-bond acceptors (Lipinski definition) is 8. The van der Waals surface area contributed by atoms with Gasteiger partial charge < -0.3 is 26.1 Å². The first-order valence-corrected chi connectivity index (χ1v) is 11.8. The number of benzene rings is 2. The van der Waals surface area contributed by atoms with Crippen LogP contribution in [0, 0.1) is 5.41 Å². The lowest BCUT2D eigenvalue weighted by Gasteiger charge is -2.28. The van der Waals surface area contributed by atoms with E-state index in [9.17, 15) is 4.79 Å². The van der Waals surface area contributed by atoms with Gasteiger partial charge in [0.15, 0.2) is 11.6 Å². The summed E-state index contributed by atoms with van der Waals surface area (Å²) in [5.41, 5.74) is 10.6. The molecule has 1 amide bonds. The molecule has 0 aliphatic carbocycles. The van der Waals surface area contributed by atoms with Crippen LogP contribution in [0.15, 0.2) is 48.5 Å². The van der Waals surface area contributed by atoms with Gasteiger partial charge in [-0.1, -0.05) is 24.3 Å². The Labute approximate surface area is 200 Å². The molecule has 172 valence electrons. The highest BCUT2D eigenvalue weighted by Gasteiger charge is 2.21. The minimum Gasteiger partial charge on any atom is -0.398 e. The first kappa shape index (κ1) is 22.0. The Morgan fingerprint density at radius 3 is 2.74 bits per heavy atom. The molecule has 1 saturated heterocycles. The normalized spacial score (nSPS) is 13.7. The van der Waals surface area contributed by atoms with E-state index >= 15 is 0 Å². The summed E-state index contributed by atoms with van der Waals surface area (Å²) >= 11 is 1.63. The molecule has 5 rings (SSSR count). The van der Waals surface area contributed by atoms with Crippen molar-refractivity contribution in [2.75, 3.05) is 42.3 Å². The Bertz CT molecular complexity index is 1390. The lowest BCUT2D eigenvalue weighted by atomic mass is 10.1. The standard InChI is InChI=1S/C25H24N6O2S/c1-15(32)28-17-5-2-4-16(12-17)22-13-21-23(34-22)25(31-8-10-33-11-9-31)30-24(29-21)18-6-3-7-20(27)19(18)14-26/h2-7,12-14,26H,8-11,27H2,1H3,(H,28,32). The van der Waals surface area contributed by atoms with Gasteiger partial charge in [0, 0.05) is 53.6 Å². The summed E-state index contributed by atoms with van der Waals surface area (Å²) in [6.07, 6.45) is 1.25. The Morgan fingerprint density at radius 1 is 1.18 bits per heavy atom. The number of nitrogen functional groups attached to an aromatic ring is 1. The van der Waals surface area contributed by atoms with Crippen molar-refractivity contribution in [2.45, 2.75) is 6.92 Å². The van der Waals surface area contributed by atoms with Gasteiger partial charge in [-0.3, -0.25) is 4.79 Å². The maximum Gasteiger partial charge on any atom is 0.221 e. The smallest absolute Gasteiger partial charge is 0.221 e. The van der Waals surface area contributed by atoms with E-state index in [-0.39, 0.29) is 5.91 Å². The molecule has 0 atom stereocenters. The number of hydrogen-bond donors (Lipinski definition) is 3. The van der Waals surface area contributed by atoms with Crippen LogP contribution in [-0.4, -0.2) is 48.4 Å². The van der Waals surface area contributed by atoms with Gasteiger partial charge >= 0.3 is 0 Å². The number of ether oxygens (including phenoxy) is 1. The van der Waals surface area contributed by atoms with Crippen LogP contribution in [0.4, 0.5) is 17.2 Å². The van der Waals surface area contributed by atoms with Crippen LogP contribution in [0.1, 0.15) is 12.5 Å². The second-order valence-electron chi connectivity index (χ2n) is 8.01. The summed E-state index contributed by atoms with van der Waals surface area (Å²) in [4.78, 5) is 24.6. The maximum atomic E-state index is 11.5. The fraction of sp³-hybridized carbons (Fsp3) is 0.200. The number of carbonyl (C=O) groups excluding carboxylic acids is 1. The van der Waals surface area contributed by atoms with E-state index in [1.807, 2.05) is 36.4 Å². The Kier molecular flexibility index (Phi) is 5.95. The number of fused-ring (bicyclic) bond motifs is 1. The summed E-state index contributed by atoms with van der Waals surface area (Å²) in [5, 5.41) is 10.7. The number of nitrogens with zero attached hydrogens (tertiary/aromatic N) is 3. The van der Waals surface area contributed by atoms with Crippen molar-refractivity contribution in [1.29, 1.82) is 5.41 Å². The Morgan fingerprint density at radius 2 is 1.97 bits per heavy atom. The third-order valence-electron chi connectivity index (χ3n) is 5.66. The topological polar surface area (TPSA) is 117 Å². The number of morpholine rings is 1. The van der Waals surface area contributed by atoms with Crippen LogP contribution in [0.2, 0.25) is 0 Å². The Balaban J connectivity index is 1.68. The fourth-order valence-electron chi connectivity index (χ4n) is 4.06. The number of nitrogens with two attached hydrogens (primary N) is 1.